The molecule has 6 heteroatoms. The molecule has 1 unspecified atom stereocenters. The molecule has 0 saturated carbocycles. The number of rotatable bonds is 7. The summed E-state index contributed by atoms with van der Waals surface area (Å²) in [7, 11) is -1.13. The van der Waals surface area contributed by atoms with Crippen LogP contribution >= 0.6 is 0 Å². The molecule has 18 heavy (non-hydrogen) atoms. The number of carbonyl (C=O) groups excluding carboxylic acids is 1. The largest absolute Gasteiger partial charge is 0.396 e. The maximum Gasteiger partial charge on any atom is 0.222 e. The van der Waals surface area contributed by atoms with Crippen LogP contribution in [0.4, 0.5) is 0 Å². The van der Waals surface area contributed by atoms with Crippen molar-refractivity contribution < 1.29 is 18.3 Å². The molecule has 1 heterocycles. The Morgan fingerprint density at radius 1 is 1.33 bits per heavy atom. The van der Waals surface area contributed by atoms with Gasteiger partial charge in [-0.1, -0.05) is 0 Å². The third-order valence-corrected chi connectivity index (χ3v) is 5.20. The third-order valence-electron chi connectivity index (χ3n) is 3.37. The molecular formula is C12H23NO4S. The summed E-state index contributed by atoms with van der Waals surface area (Å²) in [5.41, 5.74) is 0. The first-order valence-corrected chi connectivity index (χ1v) is 8.32. The minimum atomic E-state index is -2.89. The lowest BCUT2D eigenvalue weighted by molar-refractivity contribution is -0.130. The van der Waals surface area contributed by atoms with Gasteiger partial charge in [-0.3, -0.25) is 4.79 Å². The number of aliphatic hydroxyl groups is 1. The Morgan fingerprint density at radius 2 is 2.06 bits per heavy atom. The molecule has 1 atom stereocenters. The van der Waals surface area contributed by atoms with Crippen LogP contribution in [0, 0.1) is 5.92 Å². The van der Waals surface area contributed by atoms with Gasteiger partial charge in [0.25, 0.3) is 0 Å². The van der Waals surface area contributed by atoms with Gasteiger partial charge in [0.05, 0.1) is 11.5 Å². The number of sulfone groups is 1. The number of unbranched alkanes of at least 4 members (excludes halogenated alkanes) is 2. The fourth-order valence-electron chi connectivity index (χ4n) is 2.20. The van der Waals surface area contributed by atoms with E-state index in [2.05, 4.69) is 0 Å². The van der Waals surface area contributed by atoms with Crippen molar-refractivity contribution in [3.05, 3.63) is 0 Å². The first-order chi connectivity index (χ1) is 8.44. The van der Waals surface area contributed by atoms with Crippen molar-refractivity contribution >= 4 is 15.7 Å². The summed E-state index contributed by atoms with van der Waals surface area (Å²) in [5.74, 6) is 0.422. The van der Waals surface area contributed by atoms with Crippen LogP contribution in [0.2, 0.25) is 0 Å². The van der Waals surface area contributed by atoms with Crippen LogP contribution in [0.15, 0.2) is 0 Å². The minimum Gasteiger partial charge on any atom is -0.396 e. The van der Waals surface area contributed by atoms with E-state index in [0.29, 0.717) is 19.4 Å². The highest BCUT2D eigenvalue weighted by Crippen LogP contribution is 2.22. The fourth-order valence-corrected chi connectivity index (χ4v) is 4.06. The minimum absolute atomic E-state index is 0.00221. The molecule has 106 valence electrons. The Kier molecular flexibility index (Phi) is 6.08. The second kappa shape index (κ2) is 7.09. The molecule has 1 fully saturated rings. The maximum absolute atomic E-state index is 11.9. The van der Waals surface area contributed by atoms with Gasteiger partial charge in [-0.2, -0.15) is 0 Å². The second-order valence-corrected chi connectivity index (χ2v) is 7.30. The second-order valence-electron chi connectivity index (χ2n) is 5.07. The van der Waals surface area contributed by atoms with Crippen molar-refractivity contribution in [3.63, 3.8) is 0 Å². The molecule has 1 rings (SSSR count). The van der Waals surface area contributed by atoms with Crippen LogP contribution < -0.4 is 0 Å². The Hall–Kier alpha value is -0.620. The molecule has 0 aromatic carbocycles. The Morgan fingerprint density at radius 3 is 2.61 bits per heavy atom. The number of carbonyl (C=O) groups is 1. The first kappa shape index (κ1) is 15.4. The summed E-state index contributed by atoms with van der Waals surface area (Å²) in [4.78, 5) is 13.5. The standard InChI is InChI=1S/C12H23NO4S/c1-13(6-3-2-4-7-14)12(15)9-11-5-8-18(16,17)10-11/h11,14H,2-10H2,1H3. The van der Waals surface area contributed by atoms with Gasteiger partial charge in [0, 0.05) is 26.6 Å². The van der Waals surface area contributed by atoms with Crippen molar-refractivity contribution in [2.75, 3.05) is 31.7 Å². The van der Waals surface area contributed by atoms with Gasteiger partial charge < -0.3 is 10.0 Å². The van der Waals surface area contributed by atoms with E-state index in [0.717, 1.165) is 19.3 Å². The van der Waals surface area contributed by atoms with E-state index in [1.54, 1.807) is 11.9 Å². The van der Waals surface area contributed by atoms with Gasteiger partial charge in [-0.25, -0.2) is 8.42 Å². The zero-order valence-electron chi connectivity index (χ0n) is 11.0. The molecule has 1 aliphatic heterocycles. The highest BCUT2D eigenvalue weighted by Gasteiger charge is 2.29. The van der Waals surface area contributed by atoms with E-state index in [4.69, 9.17) is 5.11 Å². The molecule has 0 bridgehead atoms. The Bertz CT molecular complexity index is 366. The SMILES string of the molecule is CN(CCCCCO)C(=O)CC1CCS(=O)(=O)C1. The molecule has 0 aromatic rings. The monoisotopic (exact) mass is 277 g/mol. The molecule has 0 aromatic heterocycles. The van der Waals surface area contributed by atoms with E-state index >= 15 is 0 Å². The average Bonchev–Trinajstić information content (AvgIpc) is 2.63. The van der Waals surface area contributed by atoms with Gasteiger partial charge in [-0.15, -0.1) is 0 Å². The third kappa shape index (κ3) is 5.35. The van der Waals surface area contributed by atoms with Crippen LogP contribution in [-0.2, 0) is 14.6 Å². The number of nitrogens with zero attached hydrogens (tertiary/aromatic N) is 1. The molecule has 5 nitrogen and oxygen atoms in total. The molecule has 0 aliphatic carbocycles. The molecule has 1 saturated heterocycles. The number of aliphatic hydroxyl groups excluding tert-OH is 1. The first-order valence-electron chi connectivity index (χ1n) is 6.50. The zero-order valence-corrected chi connectivity index (χ0v) is 11.8. The average molecular weight is 277 g/mol. The molecule has 0 radical (unpaired) electrons. The predicted octanol–water partition coefficient (Wildman–Crippen LogP) is 0.432. The lowest BCUT2D eigenvalue weighted by Gasteiger charge is -2.18. The quantitative estimate of drug-likeness (QED) is 0.685. The predicted molar refractivity (Wildman–Crippen MR) is 70.0 cm³/mol. The van der Waals surface area contributed by atoms with Gasteiger partial charge in [0.2, 0.25) is 5.91 Å². The van der Waals surface area contributed by atoms with Crippen molar-refractivity contribution in [2.24, 2.45) is 5.92 Å². The summed E-state index contributed by atoms with van der Waals surface area (Å²) < 4.78 is 22.6. The van der Waals surface area contributed by atoms with E-state index < -0.39 is 9.84 Å². The smallest absolute Gasteiger partial charge is 0.222 e. The van der Waals surface area contributed by atoms with Crippen LogP contribution in [0.25, 0.3) is 0 Å². The molecule has 1 N–H and O–H groups in total. The summed E-state index contributed by atoms with van der Waals surface area (Å²) >= 11 is 0. The highest BCUT2D eigenvalue weighted by molar-refractivity contribution is 7.91. The van der Waals surface area contributed by atoms with E-state index in [1.807, 2.05) is 0 Å². The van der Waals surface area contributed by atoms with Gasteiger partial charge in [-0.05, 0) is 31.6 Å². The van der Waals surface area contributed by atoms with Crippen molar-refractivity contribution in [2.45, 2.75) is 32.1 Å². The Labute approximate surface area is 109 Å². The molecular weight excluding hydrogens is 254 g/mol. The topological polar surface area (TPSA) is 74.7 Å². The zero-order chi connectivity index (χ0) is 13.6. The Balaban J connectivity index is 2.24. The summed E-state index contributed by atoms with van der Waals surface area (Å²) in [6.45, 7) is 0.871. The number of hydrogen-bond donors (Lipinski definition) is 1. The van der Waals surface area contributed by atoms with Gasteiger partial charge >= 0.3 is 0 Å². The maximum atomic E-state index is 11.9. The van der Waals surface area contributed by atoms with E-state index in [1.165, 1.54) is 0 Å². The summed E-state index contributed by atoms with van der Waals surface area (Å²) in [6, 6.07) is 0. The summed E-state index contributed by atoms with van der Waals surface area (Å²) in [6.07, 6.45) is 3.52. The van der Waals surface area contributed by atoms with E-state index in [9.17, 15) is 13.2 Å². The number of amides is 1. The van der Waals surface area contributed by atoms with Crippen LogP contribution in [0.3, 0.4) is 0 Å². The lowest BCUT2D eigenvalue weighted by Crippen LogP contribution is -2.29. The fraction of sp³-hybridized carbons (Fsp3) is 0.917. The van der Waals surface area contributed by atoms with Gasteiger partial charge in [0.15, 0.2) is 9.84 Å². The van der Waals surface area contributed by atoms with Crippen molar-refractivity contribution in [1.29, 1.82) is 0 Å². The van der Waals surface area contributed by atoms with Crippen LogP contribution in [-0.4, -0.2) is 56.0 Å². The summed E-state index contributed by atoms with van der Waals surface area (Å²) in [5, 5.41) is 8.64. The molecule has 0 spiro atoms. The van der Waals surface area contributed by atoms with Crippen molar-refractivity contribution in [3.8, 4) is 0 Å². The highest BCUT2D eigenvalue weighted by atomic mass is 32.2. The van der Waals surface area contributed by atoms with Crippen molar-refractivity contribution in [1.82, 2.24) is 4.90 Å². The van der Waals surface area contributed by atoms with Crippen LogP contribution in [0.1, 0.15) is 32.1 Å². The van der Waals surface area contributed by atoms with Gasteiger partial charge in [0.1, 0.15) is 0 Å². The molecule has 1 amide bonds. The van der Waals surface area contributed by atoms with Crippen LogP contribution in [0.5, 0.6) is 0 Å². The van der Waals surface area contributed by atoms with E-state index in [-0.39, 0.29) is 29.9 Å². The number of hydrogen-bond acceptors (Lipinski definition) is 4. The molecule has 1 aliphatic rings. The lowest BCUT2D eigenvalue weighted by atomic mass is 10.0. The normalized spacial score (nSPS) is 22.0.